The van der Waals surface area contributed by atoms with E-state index in [-0.39, 0.29) is 0 Å². The molecular formula is C24H26O3. The van der Waals surface area contributed by atoms with Crippen molar-refractivity contribution in [1.82, 2.24) is 0 Å². The van der Waals surface area contributed by atoms with Gasteiger partial charge in [-0.1, -0.05) is 42.5 Å². The van der Waals surface area contributed by atoms with Gasteiger partial charge in [-0.05, 0) is 47.7 Å². The molecule has 0 saturated heterocycles. The van der Waals surface area contributed by atoms with E-state index in [1.54, 1.807) is 21.3 Å². The fraction of sp³-hybridized carbons (Fsp3) is 0.250. The Hall–Kier alpha value is -2.94. The van der Waals surface area contributed by atoms with E-state index in [1.165, 1.54) is 22.3 Å². The Morgan fingerprint density at radius 3 is 1.96 bits per heavy atom. The van der Waals surface area contributed by atoms with E-state index in [0.29, 0.717) is 0 Å². The van der Waals surface area contributed by atoms with Gasteiger partial charge < -0.3 is 14.2 Å². The molecule has 0 aliphatic carbocycles. The van der Waals surface area contributed by atoms with Crippen molar-refractivity contribution >= 4 is 0 Å². The van der Waals surface area contributed by atoms with Crippen LogP contribution in [-0.4, -0.2) is 21.3 Å². The third-order valence-corrected chi connectivity index (χ3v) is 4.80. The predicted octanol–water partition coefficient (Wildman–Crippen LogP) is 5.09. The number of rotatable bonds is 8. The molecule has 0 bridgehead atoms. The van der Waals surface area contributed by atoms with Crippen LogP contribution in [0.1, 0.15) is 22.3 Å². The van der Waals surface area contributed by atoms with E-state index in [1.807, 2.05) is 24.3 Å². The molecule has 0 aromatic heterocycles. The molecule has 0 saturated carbocycles. The summed E-state index contributed by atoms with van der Waals surface area (Å²) in [5.41, 5.74) is 5.01. The minimum atomic E-state index is 0.807. The van der Waals surface area contributed by atoms with Gasteiger partial charge in [-0.3, -0.25) is 0 Å². The van der Waals surface area contributed by atoms with Gasteiger partial charge in [-0.25, -0.2) is 0 Å². The summed E-state index contributed by atoms with van der Waals surface area (Å²) in [6, 6.07) is 22.8. The molecule has 0 atom stereocenters. The lowest BCUT2D eigenvalue weighted by Gasteiger charge is -2.17. The average Bonchev–Trinajstić information content (AvgIpc) is 2.74. The first-order valence-corrected chi connectivity index (χ1v) is 9.14. The Morgan fingerprint density at radius 2 is 1.33 bits per heavy atom. The van der Waals surface area contributed by atoms with Crippen LogP contribution in [-0.2, 0) is 19.3 Å². The lowest BCUT2D eigenvalue weighted by atomic mass is 9.94. The van der Waals surface area contributed by atoms with Crippen molar-refractivity contribution < 1.29 is 14.2 Å². The van der Waals surface area contributed by atoms with Crippen molar-refractivity contribution in [3.63, 3.8) is 0 Å². The Balaban J connectivity index is 1.91. The smallest absolute Gasteiger partial charge is 0.126 e. The third-order valence-electron chi connectivity index (χ3n) is 4.80. The van der Waals surface area contributed by atoms with Gasteiger partial charge in [0.2, 0.25) is 0 Å². The highest BCUT2D eigenvalue weighted by atomic mass is 16.5. The Morgan fingerprint density at radius 1 is 0.630 bits per heavy atom. The second-order valence-corrected chi connectivity index (χ2v) is 6.48. The zero-order valence-corrected chi connectivity index (χ0v) is 16.2. The van der Waals surface area contributed by atoms with Gasteiger partial charge >= 0.3 is 0 Å². The topological polar surface area (TPSA) is 27.7 Å². The second-order valence-electron chi connectivity index (χ2n) is 6.48. The zero-order valence-electron chi connectivity index (χ0n) is 16.2. The normalized spacial score (nSPS) is 10.5. The number of hydrogen-bond donors (Lipinski definition) is 0. The molecule has 0 spiro atoms. The number of benzene rings is 3. The minimum absolute atomic E-state index is 0.807. The first-order valence-electron chi connectivity index (χ1n) is 9.14. The van der Waals surface area contributed by atoms with Crippen molar-refractivity contribution in [1.29, 1.82) is 0 Å². The molecule has 3 rings (SSSR count). The molecule has 0 unspecified atom stereocenters. The first-order chi connectivity index (χ1) is 13.2. The van der Waals surface area contributed by atoms with Gasteiger partial charge in [0.25, 0.3) is 0 Å². The van der Waals surface area contributed by atoms with Crippen LogP contribution in [0.15, 0.2) is 66.7 Å². The second kappa shape index (κ2) is 9.13. The Bertz CT molecular complexity index is 855. The van der Waals surface area contributed by atoms with Crippen molar-refractivity contribution in [3.8, 4) is 17.2 Å². The van der Waals surface area contributed by atoms with E-state index in [9.17, 15) is 0 Å². The van der Waals surface area contributed by atoms with E-state index in [0.717, 1.165) is 36.5 Å². The van der Waals surface area contributed by atoms with Crippen LogP contribution in [0.3, 0.4) is 0 Å². The van der Waals surface area contributed by atoms with Crippen LogP contribution in [0.2, 0.25) is 0 Å². The lowest BCUT2D eigenvalue weighted by Crippen LogP contribution is -2.03. The maximum atomic E-state index is 5.69. The number of aryl methyl sites for hydroxylation is 2. The van der Waals surface area contributed by atoms with Gasteiger partial charge in [0.05, 0.1) is 21.3 Å². The van der Waals surface area contributed by atoms with Crippen molar-refractivity contribution in [3.05, 3.63) is 89.0 Å². The van der Waals surface area contributed by atoms with Crippen LogP contribution in [0.4, 0.5) is 0 Å². The highest BCUT2D eigenvalue weighted by Crippen LogP contribution is 2.32. The quantitative estimate of drug-likeness (QED) is 0.559. The van der Waals surface area contributed by atoms with Gasteiger partial charge in [-0.15, -0.1) is 0 Å². The fourth-order valence-corrected chi connectivity index (χ4v) is 3.27. The van der Waals surface area contributed by atoms with Crippen LogP contribution < -0.4 is 14.2 Å². The number of methoxy groups -OCH3 is 3. The SMILES string of the molecule is COc1ccc(Cc2c(CCc3ccccc3)cc(OC)cc2OC)cc1. The summed E-state index contributed by atoms with van der Waals surface area (Å²) in [6.07, 6.45) is 2.72. The van der Waals surface area contributed by atoms with Crippen LogP contribution in [0, 0.1) is 0 Å². The van der Waals surface area contributed by atoms with Crippen LogP contribution in [0.5, 0.6) is 17.2 Å². The molecule has 3 nitrogen and oxygen atoms in total. The Kier molecular flexibility index (Phi) is 6.37. The molecule has 0 heterocycles. The van der Waals surface area contributed by atoms with Gasteiger partial charge in [0, 0.05) is 18.1 Å². The monoisotopic (exact) mass is 362 g/mol. The summed E-state index contributed by atoms with van der Waals surface area (Å²) in [5, 5.41) is 0. The summed E-state index contributed by atoms with van der Waals surface area (Å²) in [7, 11) is 5.09. The summed E-state index contributed by atoms with van der Waals surface area (Å²) >= 11 is 0. The molecule has 0 aliphatic rings. The molecule has 0 fully saturated rings. The maximum absolute atomic E-state index is 5.69. The van der Waals surface area contributed by atoms with Crippen molar-refractivity contribution in [2.45, 2.75) is 19.3 Å². The van der Waals surface area contributed by atoms with E-state index < -0.39 is 0 Å². The van der Waals surface area contributed by atoms with Gasteiger partial charge in [-0.2, -0.15) is 0 Å². The van der Waals surface area contributed by atoms with Gasteiger partial charge in [0.1, 0.15) is 17.2 Å². The molecule has 3 heteroatoms. The molecular weight excluding hydrogens is 336 g/mol. The fourth-order valence-electron chi connectivity index (χ4n) is 3.27. The predicted molar refractivity (Wildman–Crippen MR) is 109 cm³/mol. The van der Waals surface area contributed by atoms with E-state index in [4.69, 9.17) is 14.2 Å². The minimum Gasteiger partial charge on any atom is -0.497 e. The third kappa shape index (κ3) is 4.82. The highest BCUT2D eigenvalue weighted by Gasteiger charge is 2.13. The van der Waals surface area contributed by atoms with Crippen LogP contribution >= 0.6 is 0 Å². The van der Waals surface area contributed by atoms with Gasteiger partial charge in [0.15, 0.2) is 0 Å². The summed E-state index contributed by atoms with van der Waals surface area (Å²) in [5.74, 6) is 2.56. The Labute approximate surface area is 161 Å². The van der Waals surface area contributed by atoms with Crippen LogP contribution in [0.25, 0.3) is 0 Å². The average molecular weight is 362 g/mol. The summed E-state index contributed by atoms with van der Waals surface area (Å²) in [6.45, 7) is 0. The van der Waals surface area contributed by atoms with E-state index in [2.05, 4.69) is 42.5 Å². The van der Waals surface area contributed by atoms with Crippen molar-refractivity contribution in [2.75, 3.05) is 21.3 Å². The summed E-state index contributed by atoms with van der Waals surface area (Å²) < 4.78 is 16.4. The number of hydrogen-bond acceptors (Lipinski definition) is 3. The molecule has 0 aliphatic heterocycles. The molecule has 3 aromatic rings. The molecule has 0 radical (unpaired) electrons. The highest BCUT2D eigenvalue weighted by molar-refractivity contribution is 5.49. The molecule has 27 heavy (non-hydrogen) atoms. The molecule has 0 amide bonds. The lowest BCUT2D eigenvalue weighted by molar-refractivity contribution is 0.390. The maximum Gasteiger partial charge on any atom is 0.126 e. The zero-order chi connectivity index (χ0) is 19.1. The first kappa shape index (κ1) is 18.8. The number of ether oxygens (including phenoxy) is 3. The summed E-state index contributed by atoms with van der Waals surface area (Å²) in [4.78, 5) is 0. The molecule has 140 valence electrons. The van der Waals surface area contributed by atoms with E-state index >= 15 is 0 Å². The molecule has 0 N–H and O–H groups in total. The standard InChI is InChI=1S/C24H26O3/c1-25-21-13-10-19(11-14-21)15-23-20(12-9-18-7-5-4-6-8-18)16-22(26-2)17-24(23)27-3/h4-8,10-11,13-14,16-17H,9,12,15H2,1-3H3. The largest absolute Gasteiger partial charge is 0.497 e. The van der Waals surface area contributed by atoms with Crippen molar-refractivity contribution in [2.24, 2.45) is 0 Å². The molecule has 3 aromatic carbocycles.